The lowest BCUT2D eigenvalue weighted by Crippen LogP contribution is -2.11. The average Bonchev–Trinajstić information content (AvgIpc) is 2.45. The molecule has 0 atom stereocenters. The molecule has 2 aromatic rings. The van der Waals surface area contributed by atoms with E-state index < -0.39 is 0 Å². The van der Waals surface area contributed by atoms with Crippen molar-refractivity contribution in [1.82, 2.24) is 0 Å². The standard InChI is InChI=1S/C18H20O2/c1-13(2)12-20-18(19)17-7-5-4-6-16(17)15-10-8-14(3)9-11-15/h4-11,13H,12H2,1-3H3. The lowest BCUT2D eigenvalue weighted by Gasteiger charge is -2.11. The highest BCUT2D eigenvalue weighted by Crippen LogP contribution is 2.24. The van der Waals surface area contributed by atoms with Crippen molar-refractivity contribution in [2.24, 2.45) is 5.92 Å². The number of esters is 1. The van der Waals surface area contributed by atoms with Gasteiger partial charge in [0.2, 0.25) is 0 Å². The van der Waals surface area contributed by atoms with Gasteiger partial charge >= 0.3 is 5.97 Å². The van der Waals surface area contributed by atoms with Crippen LogP contribution in [-0.4, -0.2) is 12.6 Å². The van der Waals surface area contributed by atoms with Crippen LogP contribution in [-0.2, 0) is 4.74 Å². The molecule has 0 saturated heterocycles. The topological polar surface area (TPSA) is 26.3 Å². The van der Waals surface area contributed by atoms with Gasteiger partial charge in [0.15, 0.2) is 0 Å². The summed E-state index contributed by atoms with van der Waals surface area (Å²) in [7, 11) is 0. The number of carbonyl (C=O) groups is 1. The van der Waals surface area contributed by atoms with E-state index in [0.717, 1.165) is 11.1 Å². The summed E-state index contributed by atoms with van der Waals surface area (Å²) in [6.45, 7) is 6.55. The van der Waals surface area contributed by atoms with Gasteiger partial charge in [0.25, 0.3) is 0 Å². The van der Waals surface area contributed by atoms with Gasteiger partial charge in [0, 0.05) is 0 Å². The third kappa shape index (κ3) is 3.47. The molecule has 0 bridgehead atoms. The fourth-order valence-electron chi connectivity index (χ4n) is 1.97. The number of carbonyl (C=O) groups excluding carboxylic acids is 1. The first kappa shape index (κ1) is 14.3. The first-order valence-corrected chi connectivity index (χ1v) is 6.91. The van der Waals surface area contributed by atoms with E-state index in [4.69, 9.17) is 4.74 Å². The molecule has 2 aromatic carbocycles. The number of hydrogen-bond donors (Lipinski definition) is 0. The zero-order valence-electron chi connectivity index (χ0n) is 12.2. The monoisotopic (exact) mass is 268 g/mol. The molecule has 0 aliphatic heterocycles. The van der Waals surface area contributed by atoms with Gasteiger partial charge in [-0.25, -0.2) is 4.79 Å². The molecule has 0 radical (unpaired) electrons. The molecule has 20 heavy (non-hydrogen) atoms. The summed E-state index contributed by atoms with van der Waals surface area (Å²) in [5.74, 6) is 0.0837. The summed E-state index contributed by atoms with van der Waals surface area (Å²) in [5, 5.41) is 0. The highest BCUT2D eigenvalue weighted by Gasteiger charge is 2.13. The van der Waals surface area contributed by atoms with E-state index in [9.17, 15) is 4.79 Å². The zero-order chi connectivity index (χ0) is 14.5. The Kier molecular flexibility index (Phi) is 4.57. The smallest absolute Gasteiger partial charge is 0.338 e. The van der Waals surface area contributed by atoms with Gasteiger partial charge in [-0.2, -0.15) is 0 Å². The molecule has 2 nitrogen and oxygen atoms in total. The van der Waals surface area contributed by atoms with Crippen molar-refractivity contribution in [3.63, 3.8) is 0 Å². The molecular formula is C18H20O2. The molecule has 0 saturated carbocycles. The Hall–Kier alpha value is -2.09. The molecule has 2 heteroatoms. The van der Waals surface area contributed by atoms with Crippen LogP contribution in [0.1, 0.15) is 29.8 Å². The maximum atomic E-state index is 12.2. The number of hydrogen-bond acceptors (Lipinski definition) is 2. The Morgan fingerprint density at radius 3 is 2.35 bits per heavy atom. The van der Waals surface area contributed by atoms with Crippen LogP contribution in [0.4, 0.5) is 0 Å². The van der Waals surface area contributed by atoms with Crippen LogP contribution in [0.2, 0.25) is 0 Å². The van der Waals surface area contributed by atoms with Crippen LogP contribution in [0.3, 0.4) is 0 Å². The predicted molar refractivity (Wildman–Crippen MR) is 81.7 cm³/mol. The zero-order valence-corrected chi connectivity index (χ0v) is 12.2. The van der Waals surface area contributed by atoms with E-state index in [2.05, 4.69) is 0 Å². The Morgan fingerprint density at radius 1 is 1.05 bits per heavy atom. The van der Waals surface area contributed by atoms with Crippen molar-refractivity contribution in [3.8, 4) is 11.1 Å². The Bertz CT molecular complexity index is 583. The third-order valence-corrected chi connectivity index (χ3v) is 3.06. The number of benzene rings is 2. The van der Waals surface area contributed by atoms with Crippen molar-refractivity contribution in [2.75, 3.05) is 6.61 Å². The van der Waals surface area contributed by atoms with E-state index >= 15 is 0 Å². The summed E-state index contributed by atoms with van der Waals surface area (Å²) in [5.41, 5.74) is 3.78. The highest BCUT2D eigenvalue weighted by atomic mass is 16.5. The number of ether oxygens (including phenoxy) is 1. The Morgan fingerprint density at radius 2 is 1.70 bits per heavy atom. The van der Waals surface area contributed by atoms with E-state index in [0.29, 0.717) is 18.1 Å². The van der Waals surface area contributed by atoms with E-state index in [1.165, 1.54) is 5.56 Å². The van der Waals surface area contributed by atoms with Crippen LogP contribution in [0, 0.1) is 12.8 Å². The van der Waals surface area contributed by atoms with Crippen molar-refractivity contribution in [1.29, 1.82) is 0 Å². The van der Waals surface area contributed by atoms with Crippen molar-refractivity contribution in [2.45, 2.75) is 20.8 Å². The van der Waals surface area contributed by atoms with Crippen LogP contribution in [0.15, 0.2) is 48.5 Å². The molecule has 0 N–H and O–H groups in total. The summed E-state index contributed by atoms with van der Waals surface area (Å²) >= 11 is 0. The molecule has 0 aromatic heterocycles. The largest absolute Gasteiger partial charge is 0.462 e. The Labute approximate surface area is 120 Å². The third-order valence-electron chi connectivity index (χ3n) is 3.06. The Balaban J connectivity index is 2.30. The molecule has 104 valence electrons. The number of aryl methyl sites for hydroxylation is 1. The van der Waals surface area contributed by atoms with Gasteiger partial charge in [0.05, 0.1) is 12.2 Å². The quantitative estimate of drug-likeness (QED) is 0.764. The molecule has 0 amide bonds. The minimum absolute atomic E-state index is 0.255. The lowest BCUT2D eigenvalue weighted by atomic mass is 9.99. The second-order valence-electron chi connectivity index (χ2n) is 5.40. The van der Waals surface area contributed by atoms with Gasteiger partial charge in [-0.15, -0.1) is 0 Å². The lowest BCUT2D eigenvalue weighted by molar-refractivity contribution is 0.0460. The SMILES string of the molecule is Cc1ccc(-c2ccccc2C(=O)OCC(C)C)cc1. The van der Waals surface area contributed by atoms with Gasteiger partial charge in [-0.1, -0.05) is 61.9 Å². The van der Waals surface area contributed by atoms with Crippen molar-refractivity contribution >= 4 is 5.97 Å². The van der Waals surface area contributed by atoms with Crippen molar-refractivity contribution in [3.05, 3.63) is 59.7 Å². The normalized spacial score (nSPS) is 10.6. The van der Waals surface area contributed by atoms with Crippen LogP contribution >= 0.6 is 0 Å². The van der Waals surface area contributed by atoms with Gasteiger partial charge < -0.3 is 4.74 Å². The maximum Gasteiger partial charge on any atom is 0.338 e. The summed E-state index contributed by atoms with van der Waals surface area (Å²) in [6, 6.07) is 15.7. The van der Waals surface area contributed by atoms with Gasteiger partial charge in [-0.05, 0) is 30.0 Å². The van der Waals surface area contributed by atoms with Gasteiger partial charge in [0.1, 0.15) is 0 Å². The van der Waals surface area contributed by atoms with Crippen molar-refractivity contribution < 1.29 is 9.53 Å². The molecule has 0 spiro atoms. The van der Waals surface area contributed by atoms with Crippen LogP contribution < -0.4 is 0 Å². The van der Waals surface area contributed by atoms with Gasteiger partial charge in [-0.3, -0.25) is 0 Å². The molecular weight excluding hydrogens is 248 g/mol. The van der Waals surface area contributed by atoms with E-state index in [1.807, 2.05) is 69.3 Å². The summed E-state index contributed by atoms with van der Waals surface area (Å²) < 4.78 is 5.34. The molecule has 0 aliphatic carbocycles. The molecule has 0 heterocycles. The maximum absolute atomic E-state index is 12.2. The second kappa shape index (κ2) is 6.38. The minimum atomic E-state index is -0.255. The predicted octanol–water partition coefficient (Wildman–Crippen LogP) is 4.47. The molecule has 0 unspecified atom stereocenters. The average molecular weight is 268 g/mol. The molecule has 0 aliphatic rings. The van der Waals surface area contributed by atoms with E-state index in [-0.39, 0.29) is 5.97 Å². The second-order valence-corrected chi connectivity index (χ2v) is 5.40. The highest BCUT2D eigenvalue weighted by molar-refractivity contribution is 5.97. The molecule has 2 rings (SSSR count). The first-order valence-electron chi connectivity index (χ1n) is 6.91. The fourth-order valence-corrected chi connectivity index (χ4v) is 1.97. The van der Waals surface area contributed by atoms with Crippen LogP contribution in [0.5, 0.6) is 0 Å². The fraction of sp³-hybridized carbons (Fsp3) is 0.278. The minimum Gasteiger partial charge on any atom is -0.462 e. The van der Waals surface area contributed by atoms with Crippen LogP contribution in [0.25, 0.3) is 11.1 Å². The molecule has 0 fully saturated rings. The summed E-state index contributed by atoms with van der Waals surface area (Å²) in [4.78, 5) is 12.2. The number of rotatable bonds is 4. The first-order chi connectivity index (χ1) is 9.58. The van der Waals surface area contributed by atoms with E-state index in [1.54, 1.807) is 0 Å². The summed E-state index contributed by atoms with van der Waals surface area (Å²) in [6.07, 6.45) is 0.